The lowest BCUT2D eigenvalue weighted by atomic mass is 9.95. The van der Waals surface area contributed by atoms with Crippen LogP contribution in [0.1, 0.15) is 23.1 Å². The van der Waals surface area contributed by atoms with Gasteiger partial charge in [-0.3, -0.25) is 4.90 Å². The highest BCUT2D eigenvalue weighted by Crippen LogP contribution is 2.23. The molecular formula is C15H22N2O2S. The summed E-state index contributed by atoms with van der Waals surface area (Å²) in [5.74, 6) is 0.666. The SMILES string of the molecule is CN(Cc1cccc2c1CCNC2)C1CCS(=O)(=O)C1. The first-order chi connectivity index (χ1) is 9.55. The van der Waals surface area contributed by atoms with Crippen LogP contribution in [0, 0.1) is 0 Å². The summed E-state index contributed by atoms with van der Waals surface area (Å²) in [5.41, 5.74) is 4.20. The summed E-state index contributed by atoms with van der Waals surface area (Å²) in [5, 5.41) is 3.39. The Hall–Kier alpha value is -0.910. The van der Waals surface area contributed by atoms with E-state index >= 15 is 0 Å². The monoisotopic (exact) mass is 294 g/mol. The van der Waals surface area contributed by atoms with Crippen molar-refractivity contribution in [2.75, 3.05) is 25.1 Å². The van der Waals surface area contributed by atoms with Gasteiger partial charge in [0.2, 0.25) is 0 Å². The molecule has 0 aromatic heterocycles. The van der Waals surface area contributed by atoms with E-state index < -0.39 is 9.84 Å². The zero-order chi connectivity index (χ0) is 14.2. The van der Waals surface area contributed by atoms with Crippen molar-refractivity contribution >= 4 is 9.84 Å². The second kappa shape index (κ2) is 5.47. The highest BCUT2D eigenvalue weighted by atomic mass is 32.2. The van der Waals surface area contributed by atoms with Crippen molar-refractivity contribution in [2.24, 2.45) is 0 Å². The lowest BCUT2D eigenvalue weighted by molar-refractivity contribution is 0.253. The van der Waals surface area contributed by atoms with E-state index in [1.54, 1.807) is 0 Å². The standard InChI is InChI=1S/C15H22N2O2S/c1-17(14-6-8-20(18,19)11-14)10-13-4-2-3-12-9-16-7-5-15(12)13/h2-4,14,16H,5-11H2,1H3. The van der Waals surface area contributed by atoms with Gasteiger partial charge in [0.15, 0.2) is 9.84 Å². The molecule has 2 heterocycles. The van der Waals surface area contributed by atoms with E-state index in [0.29, 0.717) is 11.5 Å². The second-order valence-corrected chi connectivity index (χ2v) is 8.18. The summed E-state index contributed by atoms with van der Waals surface area (Å²) in [7, 11) is -0.754. The molecule has 0 radical (unpaired) electrons. The zero-order valence-corrected chi connectivity index (χ0v) is 12.7. The molecule has 4 nitrogen and oxygen atoms in total. The predicted octanol–water partition coefficient (Wildman–Crippen LogP) is 0.951. The van der Waals surface area contributed by atoms with Crippen molar-refractivity contribution in [1.82, 2.24) is 10.2 Å². The molecule has 3 rings (SSSR count). The Balaban J connectivity index is 1.75. The van der Waals surface area contributed by atoms with Gasteiger partial charge >= 0.3 is 0 Å². The number of rotatable bonds is 3. The quantitative estimate of drug-likeness (QED) is 0.902. The third-order valence-corrected chi connectivity index (χ3v) is 6.24. The number of nitrogens with one attached hydrogen (secondary N) is 1. The Morgan fingerprint density at radius 2 is 2.25 bits per heavy atom. The van der Waals surface area contributed by atoms with Crippen LogP contribution in [0.3, 0.4) is 0 Å². The molecule has 1 fully saturated rings. The summed E-state index contributed by atoms with van der Waals surface area (Å²) in [6, 6.07) is 6.66. The molecule has 1 atom stereocenters. The molecule has 1 N–H and O–H groups in total. The summed E-state index contributed by atoms with van der Waals surface area (Å²) in [4.78, 5) is 2.21. The topological polar surface area (TPSA) is 49.4 Å². The molecule has 0 bridgehead atoms. The molecule has 110 valence electrons. The largest absolute Gasteiger partial charge is 0.312 e. The van der Waals surface area contributed by atoms with Crippen LogP contribution in [-0.4, -0.2) is 44.5 Å². The van der Waals surface area contributed by atoms with E-state index in [0.717, 1.165) is 32.5 Å². The highest BCUT2D eigenvalue weighted by Gasteiger charge is 2.30. The van der Waals surface area contributed by atoms with Crippen LogP contribution >= 0.6 is 0 Å². The molecule has 1 aromatic rings. The van der Waals surface area contributed by atoms with Crippen LogP contribution in [0.5, 0.6) is 0 Å². The highest BCUT2D eigenvalue weighted by molar-refractivity contribution is 7.91. The predicted molar refractivity (Wildman–Crippen MR) is 80.4 cm³/mol. The van der Waals surface area contributed by atoms with Gasteiger partial charge in [-0.15, -0.1) is 0 Å². The fraction of sp³-hybridized carbons (Fsp3) is 0.600. The number of fused-ring (bicyclic) bond motifs is 1. The maximum Gasteiger partial charge on any atom is 0.151 e. The number of nitrogens with zero attached hydrogens (tertiary/aromatic N) is 1. The van der Waals surface area contributed by atoms with Gasteiger partial charge in [-0.1, -0.05) is 18.2 Å². The normalized spacial score (nSPS) is 24.8. The van der Waals surface area contributed by atoms with Gasteiger partial charge in [-0.05, 0) is 43.1 Å². The first kappa shape index (κ1) is 14.0. The second-order valence-electron chi connectivity index (χ2n) is 5.95. The van der Waals surface area contributed by atoms with Gasteiger partial charge in [0.1, 0.15) is 0 Å². The lowest BCUT2D eigenvalue weighted by Crippen LogP contribution is -2.33. The Labute approximate surface area is 121 Å². The molecule has 20 heavy (non-hydrogen) atoms. The molecule has 2 aliphatic rings. The van der Waals surface area contributed by atoms with E-state index in [2.05, 4.69) is 28.4 Å². The van der Waals surface area contributed by atoms with Gasteiger partial charge < -0.3 is 5.32 Å². The Morgan fingerprint density at radius 1 is 1.40 bits per heavy atom. The molecular weight excluding hydrogens is 272 g/mol. The summed E-state index contributed by atoms with van der Waals surface area (Å²) in [6.07, 6.45) is 1.84. The summed E-state index contributed by atoms with van der Waals surface area (Å²) >= 11 is 0. The average Bonchev–Trinajstić information content (AvgIpc) is 2.80. The van der Waals surface area contributed by atoms with E-state index in [9.17, 15) is 8.42 Å². The van der Waals surface area contributed by atoms with E-state index in [1.807, 2.05) is 7.05 Å². The summed E-state index contributed by atoms with van der Waals surface area (Å²) in [6.45, 7) is 2.83. The van der Waals surface area contributed by atoms with Crippen LogP contribution in [-0.2, 0) is 29.3 Å². The Morgan fingerprint density at radius 3 is 3.00 bits per heavy atom. The van der Waals surface area contributed by atoms with E-state index in [4.69, 9.17) is 0 Å². The van der Waals surface area contributed by atoms with E-state index in [-0.39, 0.29) is 6.04 Å². The molecule has 2 aliphatic heterocycles. The minimum absolute atomic E-state index is 0.178. The Kier molecular flexibility index (Phi) is 3.84. The van der Waals surface area contributed by atoms with Gasteiger partial charge in [-0.2, -0.15) is 0 Å². The maximum absolute atomic E-state index is 11.6. The minimum Gasteiger partial charge on any atom is -0.312 e. The van der Waals surface area contributed by atoms with Crippen molar-refractivity contribution in [3.63, 3.8) is 0 Å². The van der Waals surface area contributed by atoms with Crippen LogP contribution in [0.15, 0.2) is 18.2 Å². The van der Waals surface area contributed by atoms with Crippen molar-refractivity contribution in [2.45, 2.75) is 32.0 Å². The van der Waals surface area contributed by atoms with Crippen LogP contribution < -0.4 is 5.32 Å². The lowest BCUT2D eigenvalue weighted by Gasteiger charge is -2.26. The van der Waals surface area contributed by atoms with Gasteiger partial charge in [0, 0.05) is 19.1 Å². The number of sulfone groups is 1. The van der Waals surface area contributed by atoms with Gasteiger partial charge in [0.05, 0.1) is 11.5 Å². The van der Waals surface area contributed by atoms with Crippen molar-refractivity contribution in [3.8, 4) is 0 Å². The fourth-order valence-corrected chi connectivity index (χ4v) is 5.09. The number of hydrogen-bond donors (Lipinski definition) is 1. The molecule has 1 saturated heterocycles. The summed E-state index contributed by atoms with van der Waals surface area (Å²) < 4.78 is 23.2. The van der Waals surface area contributed by atoms with Crippen molar-refractivity contribution in [1.29, 1.82) is 0 Å². The minimum atomic E-state index is -2.80. The van der Waals surface area contributed by atoms with Gasteiger partial charge in [0.25, 0.3) is 0 Å². The van der Waals surface area contributed by atoms with Crippen LogP contribution in [0.25, 0.3) is 0 Å². The molecule has 0 spiro atoms. The molecule has 0 aliphatic carbocycles. The molecule has 5 heteroatoms. The van der Waals surface area contributed by atoms with Gasteiger partial charge in [-0.25, -0.2) is 8.42 Å². The smallest absolute Gasteiger partial charge is 0.151 e. The number of benzene rings is 1. The van der Waals surface area contributed by atoms with E-state index in [1.165, 1.54) is 16.7 Å². The first-order valence-electron chi connectivity index (χ1n) is 7.26. The zero-order valence-electron chi connectivity index (χ0n) is 11.9. The average molecular weight is 294 g/mol. The van der Waals surface area contributed by atoms with Crippen LogP contribution in [0.4, 0.5) is 0 Å². The number of hydrogen-bond acceptors (Lipinski definition) is 4. The third-order valence-electron chi connectivity index (χ3n) is 4.49. The molecule has 0 amide bonds. The Bertz CT molecular complexity index is 598. The molecule has 1 unspecified atom stereocenters. The van der Waals surface area contributed by atoms with Crippen molar-refractivity contribution in [3.05, 3.63) is 34.9 Å². The van der Waals surface area contributed by atoms with Crippen LogP contribution in [0.2, 0.25) is 0 Å². The fourth-order valence-electron chi connectivity index (χ4n) is 3.28. The molecule has 0 saturated carbocycles. The molecule has 1 aromatic carbocycles. The van der Waals surface area contributed by atoms with Crippen molar-refractivity contribution < 1.29 is 8.42 Å². The maximum atomic E-state index is 11.6. The first-order valence-corrected chi connectivity index (χ1v) is 9.08. The third kappa shape index (κ3) is 2.90.